The van der Waals surface area contributed by atoms with Gasteiger partial charge in [-0.3, -0.25) is 9.59 Å². The van der Waals surface area contributed by atoms with Crippen molar-refractivity contribution in [1.29, 1.82) is 0 Å². The Bertz CT molecular complexity index is 668. The van der Waals surface area contributed by atoms with Crippen LogP contribution in [0, 0.1) is 0 Å². The van der Waals surface area contributed by atoms with Gasteiger partial charge in [0, 0.05) is 13.5 Å². The molecule has 0 atom stereocenters. The van der Waals surface area contributed by atoms with Gasteiger partial charge in [-0.05, 0) is 17.7 Å². The zero-order valence-corrected chi connectivity index (χ0v) is 12.4. The van der Waals surface area contributed by atoms with Crippen LogP contribution in [0.4, 0.5) is 5.82 Å². The van der Waals surface area contributed by atoms with Crippen LogP contribution in [-0.2, 0) is 22.7 Å². The molecule has 0 bridgehead atoms. The Labute approximate surface area is 127 Å². The van der Waals surface area contributed by atoms with Crippen molar-refractivity contribution in [1.82, 2.24) is 20.3 Å². The molecule has 1 aromatic heterocycles. The number of methoxy groups -OCH3 is 1. The highest BCUT2D eigenvalue weighted by Gasteiger charge is 2.07. The smallest absolute Gasteiger partial charge is 0.243 e. The Morgan fingerprint density at radius 1 is 1.36 bits per heavy atom. The SMILES string of the molecule is COc1cccc(CNC(=O)Cn2ncc(NC(C)=O)n2)c1. The minimum atomic E-state index is -0.241. The van der Waals surface area contributed by atoms with Crippen LogP contribution in [0.5, 0.6) is 5.75 Å². The van der Waals surface area contributed by atoms with E-state index < -0.39 is 0 Å². The van der Waals surface area contributed by atoms with Crippen LogP contribution < -0.4 is 15.4 Å². The van der Waals surface area contributed by atoms with Gasteiger partial charge in [0.1, 0.15) is 12.3 Å². The zero-order chi connectivity index (χ0) is 15.9. The van der Waals surface area contributed by atoms with Crippen molar-refractivity contribution in [2.75, 3.05) is 12.4 Å². The molecule has 0 radical (unpaired) electrons. The van der Waals surface area contributed by atoms with Crippen molar-refractivity contribution in [3.63, 3.8) is 0 Å². The number of carbonyl (C=O) groups excluding carboxylic acids is 2. The lowest BCUT2D eigenvalue weighted by Gasteiger charge is -2.06. The fourth-order valence-electron chi connectivity index (χ4n) is 1.78. The normalized spacial score (nSPS) is 10.1. The van der Waals surface area contributed by atoms with E-state index in [9.17, 15) is 9.59 Å². The molecule has 2 aromatic rings. The molecule has 2 rings (SSSR count). The van der Waals surface area contributed by atoms with Gasteiger partial charge in [0.2, 0.25) is 11.8 Å². The van der Waals surface area contributed by atoms with Gasteiger partial charge in [0.25, 0.3) is 0 Å². The first-order valence-electron chi connectivity index (χ1n) is 6.64. The molecule has 8 heteroatoms. The van der Waals surface area contributed by atoms with E-state index in [2.05, 4.69) is 20.8 Å². The highest BCUT2D eigenvalue weighted by molar-refractivity contribution is 5.87. The number of anilines is 1. The molecule has 22 heavy (non-hydrogen) atoms. The summed E-state index contributed by atoms with van der Waals surface area (Å²) in [6, 6.07) is 7.43. The number of nitrogens with one attached hydrogen (secondary N) is 2. The van der Waals surface area contributed by atoms with Gasteiger partial charge in [-0.2, -0.15) is 9.90 Å². The van der Waals surface area contributed by atoms with E-state index in [-0.39, 0.29) is 18.4 Å². The monoisotopic (exact) mass is 303 g/mol. The molecule has 0 saturated heterocycles. The van der Waals surface area contributed by atoms with Crippen LogP contribution in [-0.4, -0.2) is 33.9 Å². The second-order valence-electron chi connectivity index (χ2n) is 4.57. The molecule has 0 aliphatic rings. The third-order valence-corrected chi connectivity index (χ3v) is 2.75. The van der Waals surface area contributed by atoms with E-state index >= 15 is 0 Å². The minimum Gasteiger partial charge on any atom is -0.497 e. The Kier molecular flexibility index (Phi) is 5.07. The topological polar surface area (TPSA) is 98.1 Å². The second kappa shape index (κ2) is 7.21. The Balaban J connectivity index is 1.84. The highest BCUT2D eigenvalue weighted by Crippen LogP contribution is 2.12. The first kappa shape index (κ1) is 15.5. The number of amides is 2. The molecule has 2 N–H and O–H groups in total. The standard InChI is InChI=1S/C14H17N5O3/c1-10(20)17-13-8-16-19(18-13)9-14(21)15-7-11-4-3-5-12(6-11)22-2/h3-6,8H,7,9H2,1-2H3,(H,15,21)(H,17,18,20). The molecule has 0 aliphatic carbocycles. The molecule has 116 valence electrons. The number of hydrogen-bond acceptors (Lipinski definition) is 5. The Morgan fingerprint density at radius 2 is 2.18 bits per heavy atom. The van der Waals surface area contributed by atoms with Crippen molar-refractivity contribution >= 4 is 17.6 Å². The van der Waals surface area contributed by atoms with Crippen molar-refractivity contribution in [3.8, 4) is 5.75 Å². The van der Waals surface area contributed by atoms with Crippen LogP contribution >= 0.6 is 0 Å². The number of ether oxygens (including phenoxy) is 1. The minimum absolute atomic E-state index is 0.0243. The largest absolute Gasteiger partial charge is 0.497 e. The Hall–Kier alpha value is -2.90. The molecule has 0 aliphatic heterocycles. The van der Waals surface area contributed by atoms with E-state index in [0.717, 1.165) is 11.3 Å². The summed E-state index contributed by atoms with van der Waals surface area (Å²) in [7, 11) is 1.59. The maximum atomic E-state index is 11.8. The summed E-state index contributed by atoms with van der Waals surface area (Å²) in [5, 5.41) is 13.1. The maximum Gasteiger partial charge on any atom is 0.243 e. The number of rotatable bonds is 6. The third-order valence-electron chi connectivity index (χ3n) is 2.75. The average Bonchev–Trinajstić information content (AvgIpc) is 2.91. The van der Waals surface area contributed by atoms with Gasteiger partial charge < -0.3 is 15.4 Å². The van der Waals surface area contributed by atoms with Gasteiger partial charge in [0.05, 0.1) is 13.3 Å². The second-order valence-corrected chi connectivity index (χ2v) is 4.57. The van der Waals surface area contributed by atoms with Gasteiger partial charge in [0.15, 0.2) is 5.82 Å². The van der Waals surface area contributed by atoms with Crippen molar-refractivity contribution < 1.29 is 14.3 Å². The maximum absolute atomic E-state index is 11.8. The lowest BCUT2D eigenvalue weighted by Crippen LogP contribution is -2.28. The lowest BCUT2D eigenvalue weighted by atomic mass is 10.2. The number of carbonyl (C=O) groups is 2. The number of aromatic nitrogens is 3. The fourth-order valence-corrected chi connectivity index (χ4v) is 1.78. The van der Waals surface area contributed by atoms with E-state index in [0.29, 0.717) is 12.4 Å². The van der Waals surface area contributed by atoms with Gasteiger partial charge in [-0.25, -0.2) is 0 Å². The number of benzene rings is 1. The predicted molar refractivity (Wildman–Crippen MR) is 79.2 cm³/mol. The zero-order valence-electron chi connectivity index (χ0n) is 12.4. The first-order chi connectivity index (χ1) is 10.6. The fraction of sp³-hybridized carbons (Fsp3) is 0.286. The van der Waals surface area contributed by atoms with E-state index in [1.54, 1.807) is 7.11 Å². The molecule has 0 unspecified atom stereocenters. The molecular weight excluding hydrogens is 286 g/mol. The van der Waals surface area contributed by atoms with Crippen LogP contribution in [0.1, 0.15) is 12.5 Å². The van der Waals surface area contributed by atoms with Crippen LogP contribution in [0.15, 0.2) is 30.5 Å². The average molecular weight is 303 g/mol. The molecule has 1 heterocycles. The highest BCUT2D eigenvalue weighted by atomic mass is 16.5. The molecular formula is C14H17N5O3. The molecule has 2 amide bonds. The summed E-state index contributed by atoms with van der Waals surface area (Å²) >= 11 is 0. The molecule has 0 spiro atoms. The summed E-state index contributed by atoms with van der Waals surface area (Å²) < 4.78 is 5.12. The number of nitrogens with zero attached hydrogens (tertiary/aromatic N) is 3. The van der Waals surface area contributed by atoms with Crippen LogP contribution in [0.3, 0.4) is 0 Å². The number of hydrogen-bond donors (Lipinski definition) is 2. The van der Waals surface area contributed by atoms with Gasteiger partial charge in [-0.1, -0.05) is 12.1 Å². The summed E-state index contributed by atoms with van der Waals surface area (Å²) in [5.74, 6) is 0.579. The van der Waals surface area contributed by atoms with Gasteiger partial charge >= 0.3 is 0 Å². The molecule has 8 nitrogen and oxygen atoms in total. The summed E-state index contributed by atoms with van der Waals surface area (Å²) in [6.07, 6.45) is 1.39. The third kappa shape index (κ3) is 4.58. The molecule has 1 aromatic carbocycles. The summed E-state index contributed by atoms with van der Waals surface area (Å²) in [5.41, 5.74) is 0.931. The first-order valence-corrected chi connectivity index (χ1v) is 6.64. The van der Waals surface area contributed by atoms with Crippen molar-refractivity contribution in [2.24, 2.45) is 0 Å². The van der Waals surface area contributed by atoms with Crippen molar-refractivity contribution in [2.45, 2.75) is 20.0 Å². The van der Waals surface area contributed by atoms with E-state index in [4.69, 9.17) is 4.74 Å². The summed E-state index contributed by atoms with van der Waals surface area (Å²) in [6.45, 7) is 1.74. The quantitative estimate of drug-likeness (QED) is 0.812. The van der Waals surface area contributed by atoms with E-state index in [1.807, 2.05) is 24.3 Å². The molecule has 0 fully saturated rings. The van der Waals surface area contributed by atoms with Crippen molar-refractivity contribution in [3.05, 3.63) is 36.0 Å². The summed E-state index contributed by atoms with van der Waals surface area (Å²) in [4.78, 5) is 23.9. The van der Waals surface area contributed by atoms with Crippen LogP contribution in [0.25, 0.3) is 0 Å². The predicted octanol–water partition coefficient (Wildman–Crippen LogP) is 0.561. The lowest BCUT2D eigenvalue weighted by molar-refractivity contribution is -0.122. The van der Waals surface area contributed by atoms with Gasteiger partial charge in [-0.15, -0.1) is 5.10 Å². The van der Waals surface area contributed by atoms with E-state index in [1.165, 1.54) is 17.9 Å². The Morgan fingerprint density at radius 3 is 2.91 bits per heavy atom. The molecule has 0 saturated carbocycles. The van der Waals surface area contributed by atoms with Crippen LogP contribution in [0.2, 0.25) is 0 Å².